The molecule has 2 rings (SSSR count). The minimum absolute atomic E-state index is 0.205. The number of carbonyl (C=O) groups is 1. The van der Waals surface area contributed by atoms with E-state index in [1.807, 2.05) is 30.3 Å². The smallest absolute Gasteiger partial charge is 0.332 e. The molecule has 1 aliphatic rings. The van der Waals surface area contributed by atoms with E-state index < -0.39 is 5.54 Å². The van der Waals surface area contributed by atoms with E-state index in [0.29, 0.717) is 12.6 Å². The van der Waals surface area contributed by atoms with Crippen LogP contribution in [0.2, 0.25) is 0 Å². The summed E-state index contributed by atoms with van der Waals surface area (Å²) in [6, 6.07) is 10.3. The first kappa shape index (κ1) is 16.0. The van der Waals surface area contributed by atoms with Gasteiger partial charge in [0.15, 0.2) is 5.54 Å². The number of esters is 1. The largest absolute Gasteiger partial charge is 0.467 e. The maximum absolute atomic E-state index is 12.6. The van der Waals surface area contributed by atoms with Crippen LogP contribution < -0.4 is 5.32 Å². The maximum atomic E-state index is 12.6. The van der Waals surface area contributed by atoms with Gasteiger partial charge in [-0.25, -0.2) is 4.79 Å². The van der Waals surface area contributed by atoms with E-state index in [2.05, 4.69) is 24.2 Å². The highest BCUT2D eigenvalue weighted by Gasteiger charge is 2.45. The third-order valence-electron chi connectivity index (χ3n) is 3.94. The molecule has 4 heteroatoms. The quantitative estimate of drug-likeness (QED) is 0.745. The van der Waals surface area contributed by atoms with Crippen LogP contribution in [0.25, 0.3) is 0 Å². The molecule has 0 spiro atoms. The number of methoxy groups -OCH3 is 1. The van der Waals surface area contributed by atoms with Gasteiger partial charge in [0.05, 0.1) is 7.11 Å². The third kappa shape index (κ3) is 3.83. The van der Waals surface area contributed by atoms with Crippen LogP contribution in [0.15, 0.2) is 30.3 Å². The first-order valence-corrected chi connectivity index (χ1v) is 7.72. The van der Waals surface area contributed by atoms with Gasteiger partial charge >= 0.3 is 5.97 Å². The summed E-state index contributed by atoms with van der Waals surface area (Å²) >= 11 is 0. The Morgan fingerprint density at radius 3 is 2.57 bits per heavy atom. The Balaban J connectivity index is 2.34. The average molecular weight is 290 g/mol. The zero-order valence-electron chi connectivity index (χ0n) is 13.3. The molecule has 0 saturated heterocycles. The number of carbonyl (C=O) groups excluding carboxylic acids is 1. The molecule has 1 fully saturated rings. The molecule has 1 aromatic carbocycles. The first-order chi connectivity index (χ1) is 10.1. The van der Waals surface area contributed by atoms with Crippen molar-refractivity contribution in [2.45, 2.75) is 37.8 Å². The lowest BCUT2D eigenvalue weighted by Crippen LogP contribution is -2.57. The van der Waals surface area contributed by atoms with E-state index in [9.17, 15) is 4.79 Å². The standard InChI is InChI=1S/C17H26N2O2/c1-4-12-19(2)13-17(16(20)21-3,18-15-10-11-15)14-8-6-5-7-9-14/h5-9,15,18H,4,10-13H2,1-3H3. The van der Waals surface area contributed by atoms with Crippen LogP contribution in [-0.2, 0) is 15.1 Å². The molecule has 116 valence electrons. The number of nitrogens with one attached hydrogen (secondary N) is 1. The number of rotatable bonds is 8. The SMILES string of the molecule is CCCN(C)CC(NC1CC1)(C(=O)OC)c1ccccc1. The van der Waals surface area contributed by atoms with Gasteiger partial charge in [0, 0.05) is 12.6 Å². The molecule has 0 heterocycles. The van der Waals surface area contributed by atoms with E-state index in [1.165, 1.54) is 7.11 Å². The maximum Gasteiger partial charge on any atom is 0.332 e. The zero-order chi connectivity index (χ0) is 15.3. The monoisotopic (exact) mass is 290 g/mol. The van der Waals surface area contributed by atoms with Gasteiger partial charge in [-0.3, -0.25) is 5.32 Å². The van der Waals surface area contributed by atoms with Gasteiger partial charge in [-0.2, -0.15) is 0 Å². The fourth-order valence-electron chi connectivity index (χ4n) is 2.80. The Labute approximate surface area is 127 Å². The van der Waals surface area contributed by atoms with Crippen LogP contribution in [0.4, 0.5) is 0 Å². The second kappa shape index (κ2) is 7.05. The number of ether oxygens (including phenoxy) is 1. The van der Waals surface area contributed by atoms with Crippen molar-refractivity contribution in [3.63, 3.8) is 0 Å². The minimum Gasteiger partial charge on any atom is -0.467 e. The number of nitrogens with zero attached hydrogens (tertiary/aromatic N) is 1. The number of hydrogen-bond donors (Lipinski definition) is 1. The summed E-state index contributed by atoms with van der Waals surface area (Å²) in [5, 5.41) is 3.54. The van der Waals surface area contributed by atoms with E-state index >= 15 is 0 Å². The highest BCUT2D eigenvalue weighted by atomic mass is 16.5. The highest BCUT2D eigenvalue weighted by Crippen LogP contribution is 2.30. The number of likely N-dealkylation sites (N-methyl/N-ethyl adjacent to an activating group) is 1. The van der Waals surface area contributed by atoms with E-state index in [4.69, 9.17) is 4.74 Å². The van der Waals surface area contributed by atoms with Crippen molar-refractivity contribution in [1.82, 2.24) is 10.2 Å². The van der Waals surface area contributed by atoms with Gasteiger partial charge in [-0.15, -0.1) is 0 Å². The second-order valence-corrected chi connectivity index (χ2v) is 5.92. The molecule has 4 nitrogen and oxygen atoms in total. The Hall–Kier alpha value is -1.39. The van der Waals surface area contributed by atoms with E-state index in [1.54, 1.807) is 0 Å². The van der Waals surface area contributed by atoms with Crippen LogP contribution in [0.3, 0.4) is 0 Å². The summed E-state index contributed by atoms with van der Waals surface area (Å²) in [6.45, 7) is 3.72. The van der Waals surface area contributed by atoms with Gasteiger partial charge in [-0.1, -0.05) is 37.3 Å². The Morgan fingerprint density at radius 1 is 1.38 bits per heavy atom. The summed E-state index contributed by atoms with van der Waals surface area (Å²) in [4.78, 5) is 14.8. The van der Waals surface area contributed by atoms with Gasteiger partial charge in [-0.05, 0) is 38.4 Å². The van der Waals surface area contributed by atoms with Crippen molar-refractivity contribution in [2.24, 2.45) is 0 Å². The van der Waals surface area contributed by atoms with Crippen molar-refractivity contribution in [3.05, 3.63) is 35.9 Å². The van der Waals surface area contributed by atoms with Crippen molar-refractivity contribution < 1.29 is 9.53 Å². The van der Waals surface area contributed by atoms with Crippen molar-refractivity contribution in [3.8, 4) is 0 Å². The molecule has 1 atom stereocenters. The molecule has 1 unspecified atom stereocenters. The Bertz CT molecular complexity index is 459. The van der Waals surface area contributed by atoms with Crippen molar-refractivity contribution in [1.29, 1.82) is 0 Å². The predicted octanol–water partition coefficient (Wildman–Crippen LogP) is 2.15. The molecule has 0 amide bonds. The zero-order valence-corrected chi connectivity index (χ0v) is 13.3. The summed E-state index contributed by atoms with van der Waals surface area (Å²) in [6.07, 6.45) is 3.32. The van der Waals surface area contributed by atoms with Crippen molar-refractivity contribution in [2.75, 3.05) is 27.2 Å². The lowest BCUT2D eigenvalue weighted by atomic mass is 9.88. The van der Waals surface area contributed by atoms with E-state index in [0.717, 1.165) is 31.4 Å². The fraction of sp³-hybridized carbons (Fsp3) is 0.588. The van der Waals surface area contributed by atoms with Gasteiger partial charge < -0.3 is 9.64 Å². The van der Waals surface area contributed by atoms with E-state index in [-0.39, 0.29) is 5.97 Å². The summed E-state index contributed by atoms with van der Waals surface area (Å²) in [5.41, 5.74) is 0.202. The molecule has 0 radical (unpaired) electrons. The number of benzene rings is 1. The van der Waals surface area contributed by atoms with Crippen LogP contribution >= 0.6 is 0 Å². The molecular formula is C17H26N2O2. The molecular weight excluding hydrogens is 264 g/mol. The molecule has 0 aliphatic heterocycles. The molecule has 1 aromatic rings. The fourth-order valence-corrected chi connectivity index (χ4v) is 2.80. The topological polar surface area (TPSA) is 41.6 Å². The van der Waals surface area contributed by atoms with Crippen LogP contribution in [-0.4, -0.2) is 44.2 Å². The van der Waals surface area contributed by atoms with Crippen LogP contribution in [0, 0.1) is 0 Å². The molecule has 1 N–H and O–H groups in total. The number of hydrogen-bond acceptors (Lipinski definition) is 4. The molecule has 1 saturated carbocycles. The van der Waals surface area contributed by atoms with Gasteiger partial charge in [0.1, 0.15) is 0 Å². The average Bonchev–Trinajstić information content (AvgIpc) is 3.30. The molecule has 0 aromatic heterocycles. The Morgan fingerprint density at radius 2 is 2.05 bits per heavy atom. The van der Waals surface area contributed by atoms with Gasteiger partial charge in [0.25, 0.3) is 0 Å². The Kier molecular flexibility index (Phi) is 5.37. The first-order valence-electron chi connectivity index (χ1n) is 7.72. The summed E-state index contributed by atoms with van der Waals surface area (Å²) in [5.74, 6) is -0.205. The van der Waals surface area contributed by atoms with Crippen LogP contribution in [0.5, 0.6) is 0 Å². The van der Waals surface area contributed by atoms with Gasteiger partial charge in [0.2, 0.25) is 0 Å². The molecule has 1 aliphatic carbocycles. The summed E-state index contributed by atoms with van der Waals surface area (Å²) < 4.78 is 5.15. The molecule has 0 bridgehead atoms. The van der Waals surface area contributed by atoms with Crippen LogP contribution in [0.1, 0.15) is 31.7 Å². The second-order valence-electron chi connectivity index (χ2n) is 5.92. The minimum atomic E-state index is -0.777. The normalized spacial score (nSPS) is 17.5. The van der Waals surface area contributed by atoms with Crippen molar-refractivity contribution >= 4 is 5.97 Å². The highest BCUT2D eigenvalue weighted by molar-refractivity contribution is 5.83. The lowest BCUT2D eigenvalue weighted by Gasteiger charge is -2.36. The third-order valence-corrected chi connectivity index (χ3v) is 3.94. The molecule has 21 heavy (non-hydrogen) atoms. The summed E-state index contributed by atoms with van der Waals surface area (Å²) in [7, 11) is 3.52. The lowest BCUT2D eigenvalue weighted by molar-refractivity contribution is -0.150. The predicted molar refractivity (Wildman–Crippen MR) is 84.1 cm³/mol.